The number of rotatable bonds is 1. The molecule has 1 amide bonds. The van der Waals surface area contributed by atoms with E-state index in [0.717, 1.165) is 0 Å². The molecular formula is C6H7N3O2. The summed E-state index contributed by atoms with van der Waals surface area (Å²) in [7, 11) is 0. The number of carbonyl (C=O) groups is 1. The summed E-state index contributed by atoms with van der Waals surface area (Å²) < 4.78 is 4.44. The van der Waals surface area contributed by atoms with E-state index in [1.165, 1.54) is 6.07 Å². The van der Waals surface area contributed by atoms with E-state index in [0.29, 0.717) is 0 Å². The Labute approximate surface area is 63.0 Å². The van der Waals surface area contributed by atoms with Gasteiger partial charge in [0.1, 0.15) is 5.82 Å². The molecule has 0 spiro atoms. The van der Waals surface area contributed by atoms with E-state index >= 15 is 0 Å². The molecule has 0 aliphatic heterocycles. The monoisotopic (exact) mass is 153 g/mol. The third-order valence-electron chi connectivity index (χ3n) is 0.950. The summed E-state index contributed by atoms with van der Waals surface area (Å²) in [6, 6.07) is 4.68. The average molecular weight is 153 g/mol. The number of amides is 1. The second-order valence-electron chi connectivity index (χ2n) is 1.82. The largest absolute Gasteiger partial charge is 0.411 e. The zero-order chi connectivity index (χ0) is 8.27. The van der Waals surface area contributed by atoms with Gasteiger partial charge in [-0.2, -0.15) is 4.98 Å². The van der Waals surface area contributed by atoms with E-state index in [4.69, 9.17) is 11.5 Å². The van der Waals surface area contributed by atoms with E-state index in [-0.39, 0.29) is 11.7 Å². The lowest BCUT2D eigenvalue weighted by Crippen LogP contribution is -2.17. The van der Waals surface area contributed by atoms with Crippen molar-refractivity contribution in [2.75, 3.05) is 5.73 Å². The molecule has 5 heteroatoms. The Morgan fingerprint density at radius 2 is 2.27 bits per heavy atom. The van der Waals surface area contributed by atoms with Crippen molar-refractivity contribution in [2.45, 2.75) is 0 Å². The minimum atomic E-state index is -0.900. The summed E-state index contributed by atoms with van der Waals surface area (Å²) in [6.45, 7) is 0. The van der Waals surface area contributed by atoms with E-state index in [1.807, 2.05) is 0 Å². The number of nitrogens with two attached hydrogens (primary N) is 2. The molecule has 5 nitrogen and oxygen atoms in total. The van der Waals surface area contributed by atoms with Crippen LogP contribution in [0, 0.1) is 0 Å². The standard InChI is InChI=1S/C6H7N3O2/c7-4-2-1-3-5(9-4)11-6(8)10/h1-3H,(H2,7,9)(H2,8,10). The summed E-state index contributed by atoms with van der Waals surface area (Å²) >= 11 is 0. The molecule has 1 heterocycles. The molecule has 1 aromatic rings. The van der Waals surface area contributed by atoms with Crippen LogP contribution in [0.4, 0.5) is 10.6 Å². The van der Waals surface area contributed by atoms with Gasteiger partial charge in [-0.3, -0.25) is 0 Å². The van der Waals surface area contributed by atoms with Gasteiger partial charge in [0.05, 0.1) is 0 Å². The van der Waals surface area contributed by atoms with Crippen molar-refractivity contribution in [1.82, 2.24) is 4.98 Å². The topological polar surface area (TPSA) is 91.2 Å². The van der Waals surface area contributed by atoms with Gasteiger partial charge in [-0.25, -0.2) is 4.79 Å². The first-order valence-corrected chi connectivity index (χ1v) is 2.88. The number of hydrogen-bond donors (Lipinski definition) is 2. The fourth-order valence-corrected chi connectivity index (χ4v) is 0.591. The molecule has 0 saturated heterocycles. The molecule has 0 aliphatic rings. The van der Waals surface area contributed by atoms with Gasteiger partial charge >= 0.3 is 6.09 Å². The first-order chi connectivity index (χ1) is 5.18. The van der Waals surface area contributed by atoms with Gasteiger partial charge in [0.15, 0.2) is 0 Å². The normalized spacial score (nSPS) is 9.09. The number of anilines is 1. The van der Waals surface area contributed by atoms with Crippen molar-refractivity contribution in [1.29, 1.82) is 0 Å². The van der Waals surface area contributed by atoms with Crippen molar-refractivity contribution in [2.24, 2.45) is 5.73 Å². The summed E-state index contributed by atoms with van der Waals surface area (Å²) in [4.78, 5) is 13.9. The molecule has 1 rings (SSSR count). The lowest BCUT2D eigenvalue weighted by atomic mass is 10.4. The fourth-order valence-electron chi connectivity index (χ4n) is 0.591. The molecule has 0 aromatic carbocycles. The van der Waals surface area contributed by atoms with E-state index in [1.54, 1.807) is 12.1 Å². The van der Waals surface area contributed by atoms with E-state index < -0.39 is 6.09 Å². The zero-order valence-electron chi connectivity index (χ0n) is 5.65. The predicted octanol–water partition coefficient (Wildman–Crippen LogP) is 0.121. The van der Waals surface area contributed by atoms with Crippen molar-refractivity contribution in [3.8, 4) is 5.88 Å². The average Bonchev–Trinajstić information content (AvgIpc) is 1.85. The zero-order valence-corrected chi connectivity index (χ0v) is 5.65. The summed E-state index contributed by atoms with van der Waals surface area (Å²) in [5, 5.41) is 0. The van der Waals surface area contributed by atoms with Gasteiger partial charge in [0.25, 0.3) is 0 Å². The molecule has 0 bridgehead atoms. The maximum absolute atomic E-state index is 10.2. The minimum Gasteiger partial charge on any atom is -0.391 e. The number of hydrogen-bond acceptors (Lipinski definition) is 4. The number of aromatic nitrogens is 1. The van der Waals surface area contributed by atoms with Crippen LogP contribution in [0.15, 0.2) is 18.2 Å². The molecule has 0 fully saturated rings. The maximum Gasteiger partial charge on any atom is 0.411 e. The van der Waals surface area contributed by atoms with E-state index in [9.17, 15) is 4.79 Å². The van der Waals surface area contributed by atoms with Gasteiger partial charge in [0, 0.05) is 6.07 Å². The minimum absolute atomic E-state index is 0.109. The second-order valence-corrected chi connectivity index (χ2v) is 1.82. The molecule has 0 aliphatic carbocycles. The summed E-state index contributed by atoms with van der Waals surface area (Å²) in [5.74, 6) is 0.390. The highest BCUT2D eigenvalue weighted by Gasteiger charge is 1.98. The van der Waals surface area contributed by atoms with Crippen LogP contribution in [0.1, 0.15) is 0 Å². The number of nitrogen functional groups attached to an aromatic ring is 1. The SMILES string of the molecule is NC(=O)Oc1cccc(N)n1. The second kappa shape index (κ2) is 2.87. The Bertz CT molecular complexity index is 274. The van der Waals surface area contributed by atoms with Gasteiger partial charge in [-0.05, 0) is 6.07 Å². The molecule has 1 aromatic heterocycles. The lowest BCUT2D eigenvalue weighted by Gasteiger charge is -1.98. The van der Waals surface area contributed by atoms with Crippen LogP contribution in [-0.4, -0.2) is 11.1 Å². The Hall–Kier alpha value is -1.78. The number of pyridine rings is 1. The number of primary amides is 1. The van der Waals surface area contributed by atoms with Crippen molar-refractivity contribution >= 4 is 11.9 Å². The quantitative estimate of drug-likeness (QED) is 0.599. The van der Waals surface area contributed by atoms with Gasteiger partial charge in [-0.1, -0.05) is 6.07 Å². The molecule has 0 unspecified atom stereocenters. The smallest absolute Gasteiger partial charge is 0.391 e. The molecule has 4 N–H and O–H groups in total. The molecule has 0 atom stereocenters. The van der Waals surface area contributed by atoms with E-state index in [2.05, 4.69) is 9.72 Å². The molecule has 0 saturated carbocycles. The van der Waals surface area contributed by atoms with Crippen LogP contribution in [0.5, 0.6) is 5.88 Å². The summed E-state index contributed by atoms with van der Waals surface area (Å²) in [6.07, 6.45) is -0.900. The van der Waals surface area contributed by atoms with Crippen LogP contribution >= 0.6 is 0 Å². The van der Waals surface area contributed by atoms with Crippen LogP contribution in [0.2, 0.25) is 0 Å². The predicted molar refractivity (Wildman–Crippen MR) is 38.9 cm³/mol. The number of carbonyl (C=O) groups excluding carboxylic acids is 1. The Kier molecular flexibility index (Phi) is 1.91. The summed E-state index contributed by atoms with van der Waals surface area (Å²) in [5.41, 5.74) is 10.0. The first-order valence-electron chi connectivity index (χ1n) is 2.88. The highest BCUT2D eigenvalue weighted by molar-refractivity contribution is 5.67. The van der Waals surface area contributed by atoms with Gasteiger partial charge in [0.2, 0.25) is 5.88 Å². The Morgan fingerprint density at radius 3 is 2.82 bits per heavy atom. The van der Waals surface area contributed by atoms with Crippen LogP contribution in [-0.2, 0) is 0 Å². The highest BCUT2D eigenvalue weighted by atomic mass is 16.6. The van der Waals surface area contributed by atoms with Crippen LogP contribution in [0.3, 0.4) is 0 Å². The number of nitrogens with zero attached hydrogens (tertiary/aromatic N) is 1. The van der Waals surface area contributed by atoms with Gasteiger partial charge in [-0.15, -0.1) is 0 Å². The Morgan fingerprint density at radius 1 is 1.55 bits per heavy atom. The molecular weight excluding hydrogens is 146 g/mol. The first kappa shape index (κ1) is 7.33. The molecule has 0 radical (unpaired) electrons. The van der Waals surface area contributed by atoms with Crippen LogP contribution in [0.25, 0.3) is 0 Å². The molecule has 58 valence electrons. The van der Waals surface area contributed by atoms with Crippen molar-refractivity contribution < 1.29 is 9.53 Å². The maximum atomic E-state index is 10.2. The van der Waals surface area contributed by atoms with Crippen molar-refractivity contribution in [3.63, 3.8) is 0 Å². The third-order valence-corrected chi connectivity index (χ3v) is 0.950. The van der Waals surface area contributed by atoms with Gasteiger partial charge < -0.3 is 16.2 Å². The number of ether oxygens (including phenoxy) is 1. The molecule has 11 heavy (non-hydrogen) atoms. The Balaban J connectivity index is 2.79. The fraction of sp³-hybridized carbons (Fsp3) is 0. The third kappa shape index (κ3) is 2.13. The lowest BCUT2D eigenvalue weighted by molar-refractivity contribution is 0.209. The highest BCUT2D eigenvalue weighted by Crippen LogP contribution is 2.07. The van der Waals surface area contributed by atoms with Crippen molar-refractivity contribution in [3.05, 3.63) is 18.2 Å². The van der Waals surface area contributed by atoms with Crippen LogP contribution < -0.4 is 16.2 Å².